The van der Waals surface area contributed by atoms with Gasteiger partial charge in [-0.25, -0.2) is 9.07 Å². The number of hydrogen-bond donors (Lipinski definition) is 0. The van der Waals surface area contributed by atoms with Crippen LogP contribution in [0, 0.1) is 12.7 Å². The van der Waals surface area contributed by atoms with E-state index in [1.165, 1.54) is 12.1 Å². The molecule has 0 bridgehead atoms. The molecule has 19 heavy (non-hydrogen) atoms. The molecule has 0 radical (unpaired) electrons. The Morgan fingerprint density at radius 2 is 1.68 bits per heavy atom. The SMILES string of the molecule is Cc1cc(-c2ccncc2)n(-c2ccc(F)cc2)n1. The van der Waals surface area contributed by atoms with E-state index in [9.17, 15) is 4.39 Å². The van der Waals surface area contributed by atoms with Gasteiger partial charge in [0.15, 0.2) is 0 Å². The van der Waals surface area contributed by atoms with Crippen molar-refractivity contribution in [1.29, 1.82) is 0 Å². The maximum Gasteiger partial charge on any atom is 0.123 e. The smallest absolute Gasteiger partial charge is 0.123 e. The van der Waals surface area contributed by atoms with Crippen molar-refractivity contribution in [2.24, 2.45) is 0 Å². The standard InChI is InChI=1S/C15H12FN3/c1-11-10-15(12-6-8-17-9-7-12)19(18-11)14-4-2-13(16)3-5-14/h2-10H,1H3. The Morgan fingerprint density at radius 3 is 2.37 bits per heavy atom. The first kappa shape index (κ1) is 11.6. The summed E-state index contributed by atoms with van der Waals surface area (Å²) < 4.78 is 14.8. The van der Waals surface area contributed by atoms with Crippen molar-refractivity contribution in [3.05, 3.63) is 66.4 Å². The van der Waals surface area contributed by atoms with E-state index in [0.717, 1.165) is 22.6 Å². The molecule has 0 fully saturated rings. The Kier molecular flexibility index (Phi) is 2.83. The lowest BCUT2D eigenvalue weighted by Crippen LogP contribution is -1.99. The molecule has 0 aliphatic heterocycles. The third-order valence-corrected chi connectivity index (χ3v) is 2.88. The van der Waals surface area contributed by atoms with Crippen molar-refractivity contribution in [2.75, 3.05) is 0 Å². The van der Waals surface area contributed by atoms with Crippen LogP contribution in [0.15, 0.2) is 54.9 Å². The van der Waals surface area contributed by atoms with Gasteiger partial charge in [-0.3, -0.25) is 4.98 Å². The summed E-state index contributed by atoms with van der Waals surface area (Å²) >= 11 is 0. The van der Waals surface area contributed by atoms with Crippen molar-refractivity contribution in [3.8, 4) is 16.9 Å². The summed E-state index contributed by atoms with van der Waals surface area (Å²) in [7, 11) is 0. The quantitative estimate of drug-likeness (QED) is 0.701. The number of benzene rings is 1. The van der Waals surface area contributed by atoms with Crippen LogP contribution in [0.25, 0.3) is 16.9 Å². The van der Waals surface area contributed by atoms with Gasteiger partial charge in [-0.1, -0.05) is 0 Å². The highest BCUT2D eigenvalue weighted by molar-refractivity contribution is 5.62. The van der Waals surface area contributed by atoms with Crippen LogP contribution in [-0.4, -0.2) is 14.8 Å². The fourth-order valence-corrected chi connectivity index (χ4v) is 2.01. The second kappa shape index (κ2) is 4.65. The predicted molar refractivity (Wildman–Crippen MR) is 71.5 cm³/mol. The zero-order valence-corrected chi connectivity index (χ0v) is 10.4. The van der Waals surface area contributed by atoms with Crippen LogP contribution in [0.3, 0.4) is 0 Å². The number of rotatable bonds is 2. The Hall–Kier alpha value is -2.49. The summed E-state index contributed by atoms with van der Waals surface area (Å²) in [6.45, 7) is 1.94. The summed E-state index contributed by atoms with van der Waals surface area (Å²) in [6, 6.07) is 12.1. The minimum Gasteiger partial charge on any atom is -0.265 e. The topological polar surface area (TPSA) is 30.7 Å². The highest BCUT2D eigenvalue weighted by Gasteiger charge is 2.09. The number of nitrogens with zero attached hydrogens (tertiary/aromatic N) is 3. The number of aryl methyl sites for hydroxylation is 1. The summed E-state index contributed by atoms with van der Waals surface area (Å²) in [5.41, 5.74) is 3.74. The van der Waals surface area contributed by atoms with Gasteiger partial charge in [0.2, 0.25) is 0 Å². The molecule has 3 rings (SSSR count). The van der Waals surface area contributed by atoms with Gasteiger partial charge in [0.25, 0.3) is 0 Å². The van der Waals surface area contributed by atoms with Crippen LogP contribution >= 0.6 is 0 Å². The van der Waals surface area contributed by atoms with Gasteiger partial charge in [-0.15, -0.1) is 0 Å². The zero-order chi connectivity index (χ0) is 13.2. The van der Waals surface area contributed by atoms with Crippen molar-refractivity contribution >= 4 is 0 Å². The van der Waals surface area contributed by atoms with Crippen molar-refractivity contribution < 1.29 is 4.39 Å². The molecule has 4 heteroatoms. The van der Waals surface area contributed by atoms with E-state index in [4.69, 9.17) is 0 Å². The van der Waals surface area contributed by atoms with Crippen LogP contribution in [0.1, 0.15) is 5.69 Å². The molecular weight excluding hydrogens is 241 g/mol. The van der Waals surface area contributed by atoms with E-state index in [-0.39, 0.29) is 5.82 Å². The van der Waals surface area contributed by atoms with E-state index in [1.807, 2.05) is 29.8 Å². The molecule has 0 amide bonds. The van der Waals surface area contributed by atoms with Gasteiger partial charge in [0, 0.05) is 18.0 Å². The van der Waals surface area contributed by atoms with Crippen molar-refractivity contribution in [3.63, 3.8) is 0 Å². The molecule has 0 aliphatic rings. The first-order chi connectivity index (χ1) is 9.24. The van der Waals surface area contributed by atoms with E-state index in [0.29, 0.717) is 0 Å². The molecule has 1 aromatic carbocycles. The molecule has 0 saturated heterocycles. The van der Waals surface area contributed by atoms with Gasteiger partial charge < -0.3 is 0 Å². The maximum atomic E-state index is 13.0. The lowest BCUT2D eigenvalue weighted by molar-refractivity contribution is 0.627. The van der Waals surface area contributed by atoms with Gasteiger partial charge in [0.1, 0.15) is 5.82 Å². The van der Waals surface area contributed by atoms with Crippen LogP contribution in [-0.2, 0) is 0 Å². The summed E-state index contributed by atoms with van der Waals surface area (Å²) in [5, 5.41) is 4.46. The molecule has 0 saturated carbocycles. The van der Waals surface area contributed by atoms with Crippen LogP contribution in [0.5, 0.6) is 0 Å². The Bertz CT molecular complexity index is 687. The number of hydrogen-bond acceptors (Lipinski definition) is 2. The molecule has 0 spiro atoms. The molecule has 0 aliphatic carbocycles. The highest BCUT2D eigenvalue weighted by atomic mass is 19.1. The second-order valence-corrected chi connectivity index (χ2v) is 4.30. The van der Waals surface area contributed by atoms with E-state index < -0.39 is 0 Å². The van der Waals surface area contributed by atoms with E-state index in [2.05, 4.69) is 10.1 Å². The maximum absolute atomic E-state index is 13.0. The molecule has 0 N–H and O–H groups in total. The highest BCUT2D eigenvalue weighted by Crippen LogP contribution is 2.23. The Labute approximate surface area is 110 Å². The third-order valence-electron chi connectivity index (χ3n) is 2.88. The molecule has 3 nitrogen and oxygen atoms in total. The minimum atomic E-state index is -0.252. The lowest BCUT2D eigenvalue weighted by Gasteiger charge is -2.07. The van der Waals surface area contributed by atoms with Gasteiger partial charge in [0.05, 0.1) is 17.1 Å². The largest absolute Gasteiger partial charge is 0.265 e. The molecular formula is C15H12FN3. The van der Waals surface area contributed by atoms with Gasteiger partial charge in [-0.05, 0) is 49.4 Å². The number of aromatic nitrogens is 3. The summed E-state index contributed by atoms with van der Waals surface area (Å²) in [4.78, 5) is 4.01. The van der Waals surface area contributed by atoms with Crippen LogP contribution in [0.2, 0.25) is 0 Å². The van der Waals surface area contributed by atoms with Crippen molar-refractivity contribution in [1.82, 2.24) is 14.8 Å². The predicted octanol–water partition coefficient (Wildman–Crippen LogP) is 3.38. The normalized spacial score (nSPS) is 10.6. The van der Waals surface area contributed by atoms with Crippen LogP contribution < -0.4 is 0 Å². The van der Waals surface area contributed by atoms with Crippen molar-refractivity contribution in [2.45, 2.75) is 6.92 Å². The number of pyridine rings is 1. The summed E-state index contributed by atoms with van der Waals surface area (Å²) in [5.74, 6) is -0.252. The minimum absolute atomic E-state index is 0.252. The van der Waals surface area contributed by atoms with Gasteiger partial charge in [-0.2, -0.15) is 5.10 Å². The average Bonchev–Trinajstić information content (AvgIpc) is 2.83. The second-order valence-electron chi connectivity index (χ2n) is 4.30. The zero-order valence-electron chi connectivity index (χ0n) is 10.4. The first-order valence-electron chi connectivity index (χ1n) is 5.97. The lowest BCUT2D eigenvalue weighted by atomic mass is 10.2. The Morgan fingerprint density at radius 1 is 1.00 bits per heavy atom. The number of halogens is 1. The average molecular weight is 253 g/mol. The molecule has 94 valence electrons. The molecule has 3 aromatic rings. The fourth-order valence-electron chi connectivity index (χ4n) is 2.01. The van der Waals surface area contributed by atoms with E-state index in [1.54, 1.807) is 24.5 Å². The van der Waals surface area contributed by atoms with Gasteiger partial charge >= 0.3 is 0 Å². The molecule has 2 heterocycles. The monoisotopic (exact) mass is 253 g/mol. The molecule has 0 atom stereocenters. The fraction of sp³-hybridized carbons (Fsp3) is 0.0667. The summed E-state index contributed by atoms with van der Waals surface area (Å²) in [6.07, 6.45) is 3.49. The van der Waals surface area contributed by atoms with E-state index >= 15 is 0 Å². The van der Waals surface area contributed by atoms with Crippen LogP contribution in [0.4, 0.5) is 4.39 Å². The molecule has 2 aromatic heterocycles. The Balaban J connectivity index is 2.15. The molecule has 0 unspecified atom stereocenters. The third kappa shape index (κ3) is 2.25. The first-order valence-corrected chi connectivity index (χ1v) is 5.97.